The maximum Gasteiger partial charge on any atom is 0.414 e. The summed E-state index contributed by atoms with van der Waals surface area (Å²) in [4.78, 5) is 0. The third kappa shape index (κ3) is 7.20. The molecule has 302 valence electrons. The fourth-order valence-corrected chi connectivity index (χ4v) is 6.94. The van der Waals surface area contributed by atoms with E-state index in [0.717, 1.165) is 0 Å². The number of rotatable bonds is 16. The summed E-state index contributed by atoms with van der Waals surface area (Å²) in [5, 5.41) is -17.2. The van der Waals surface area contributed by atoms with E-state index in [-0.39, 0.29) is 0 Å². The van der Waals surface area contributed by atoms with Gasteiger partial charge in [-0.3, -0.25) is 0 Å². The lowest BCUT2D eigenvalue weighted by molar-refractivity contribution is -0.391. The lowest BCUT2D eigenvalue weighted by atomic mass is 9.95. The van der Waals surface area contributed by atoms with Gasteiger partial charge < -0.3 is 0 Å². The highest BCUT2D eigenvalue weighted by Gasteiger charge is 2.92. The first-order valence-corrected chi connectivity index (χ1v) is 14.5. The summed E-state index contributed by atoms with van der Waals surface area (Å²) in [7, 11) is -18.2. The Morgan fingerprint density at radius 3 is 0.720 bits per heavy atom. The molecule has 0 aromatic carbocycles. The maximum atomic E-state index is 14.3. The molecular formula is C18H12F26O4S2. The molecule has 0 heterocycles. The van der Waals surface area contributed by atoms with Crippen LogP contribution in [0.1, 0.15) is 32.6 Å². The van der Waals surface area contributed by atoms with Gasteiger partial charge in [0.25, 0.3) is 0 Å². The summed E-state index contributed by atoms with van der Waals surface area (Å²) < 4.78 is 391. The van der Waals surface area contributed by atoms with Crippen molar-refractivity contribution in [2.45, 2.75) is 107 Å². The van der Waals surface area contributed by atoms with Gasteiger partial charge in [0.15, 0.2) is 4.58 Å². The van der Waals surface area contributed by atoms with E-state index < -0.39 is 127 Å². The molecule has 0 aromatic rings. The molecular weight excluding hydrogens is 838 g/mol. The zero-order valence-corrected chi connectivity index (χ0v) is 24.3. The molecule has 0 atom stereocenters. The van der Waals surface area contributed by atoms with E-state index in [1.54, 1.807) is 0 Å². The molecule has 0 fully saturated rings. The van der Waals surface area contributed by atoms with Crippen LogP contribution in [0.4, 0.5) is 114 Å². The highest BCUT2D eigenvalue weighted by molar-refractivity contribution is 8.10. The van der Waals surface area contributed by atoms with E-state index >= 15 is 0 Å². The molecule has 0 aliphatic heterocycles. The van der Waals surface area contributed by atoms with E-state index in [1.165, 1.54) is 0 Å². The van der Waals surface area contributed by atoms with Crippen molar-refractivity contribution < 1.29 is 131 Å². The van der Waals surface area contributed by atoms with Crippen molar-refractivity contribution in [2.75, 3.05) is 0 Å². The van der Waals surface area contributed by atoms with E-state index in [9.17, 15) is 131 Å². The zero-order valence-electron chi connectivity index (χ0n) is 22.7. The van der Waals surface area contributed by atoms with Crippen LogP contribution in [0.2, 0.25) is 0 Å². The van der Waals surface area contributed by atoms with Crippen LogP contribution in [0.5, 0.6) is 0 Å². The van der Waals surface area contributed by atoms with E-state index in [4.69, 9.17) is 0 Å². The minimum atomic E-state index is -9.08. The third-order valence-corrected chi connectivity index (χ3v) is 11.5. The molecule has 0 aliphatic rings. The van der Waals surface area contributed by atoms with Crippen molar-refractivity contribution in [1.29, 1.82) is 0 Å². The van der Waals surface area contributed by atoms with Gasteiger partial charge in [-0.25, -0.2) is 16.8 Å². The van der Waals surface area contributed by atoms with Gasteiger partial charge in [0.1, 0.15) is 0 Å². The predicted molar refractivity (Wildman–Crippen MR) is 107 cm³/mol. The van der Waals surface area contributed by atoms with Gasteiger partial charge in [0, 0.05) is 25.7 Å². The van der Waals surface area contributed by atoms with Crippen LogP contribution in [0.15, 0.2) is 0 Å². The van der Waals surface area contributed by atoms with Gasteiger partial charge >= 0.3 is 70.2 Å². The van der Waals surface area contributed by atoms with Gasteiger partial charge in [-0.15, -0.1) is 0 Å². The topological polar surface area (TPSA) is 68.3 Å². The second-order valence-corrected chi connectivity index (χ2v) is 14.7. The number of halogens is 26. The first-order chi connectivity index (χ1) is 21.1. The molecule has 0 N–H and O–H groups in total. The van der Waals surface area contributed by atoms with Crippen LogP contribution in [0.3, 0.4) is 0 Å². The first-order valence-electron chi connectivity index (χ1n) is 11.5. The van der Waals surface area contributed by atoms with Gasteiger partial charge in [-0.1, -0.05) is 0 Å². The van der Waals surface area contributed by atoms with Crippen LogP contribution in [-0.4, -0.2) is 91.7 Å². The Bertz CT molecular complexity index is 1330. The SMILES string of the molecule is CC(S(=O)(=O)C(F)(F)C(F)(F)C(F)(F)C(F)(F)C(F)(F)CCC(F)(F)F)S(=O)(=O)C(F)(F)C(F)(F)C(F)(F)C(F)(F)C(F)(F)CCC(F)(F)F. The maximum absolute atomic E-state index is 14.3. The van der Waals surface area contributed by atoms with Crippen molar-refractivity contribution in [3.05, 3.63) is 0 Å². The third-order valence-electron chi connectivity index (χ3n) is 6.26. The van der Waals surface area contributed by atoms with E-state index in [1.807, 2.05) is 0 Å². The quantitative estimate of drug-likeness (QED) is 0.146. The molecule has 0 radical (unpaired) electrons. The van der Waals surface area contributed by atoms with Crippen molar-refractivity contribution >= 4 is 19.7 Å². The van der Waals surface area contributed by atoms with E-state index in [0.29, 0.717) is 0 Å². The van der Waals surface area contributed by atoms with Crippen molar-refractivity contribution in [1.82, 2.24) is 0 Å². The number of hydrogen-bond acceptors (Lipinski definition) is 4. The van der Waals surface area contributed by atoms with Gasteiger partial charge in [0.2, 0.25) is 19.7 Å². The molecule has 0 aliphatic carbocycles. The highest BCUT2D eigenvalue weighted by Crippen LogP contribution is 2.62. The van der Waals surface area contributed by atoms with Gasteiger partial charge in [-0.2, -0.15) is 114 Å². The standard InChI is InChI=1S/C18H12F26O4S2/c1-6(49(45,46)17(41,42)15(37,38)13(33,34)11(29,30)7(19,20)2-4-9(23,24)25)50(47,48)18(43,44)16(39,40)14(35,36)12(31,32)8(21,22)3-5-10(26,27)28/h6H,2-5H2,1H3. The average Bonchev–Trinajstić information content (AvgIpc) is 2.88. The summed E-state index contributed by atoms with van der Waals surface area (Å²) >= 11 is 0. The van der Waals surface area contributed by atoms with Gasteiger partial charge in [-0.05, 0) is 6.92 Å². The second-order valence-electron chi connectivity index (χ2n) is 9.78. The van der Waals surface area contributed by atoms with Crippen LogP contribution >= 0.6 is 0 Å². The Kier molecular flexibility index (Phi) is 12.1. The summed E-state index contributed by atoms with van der Waals surface area (Å²) in [5.41, 5.74) is 0. The molecule has 0 saturated heterocycles. The van der Waals surface area contributed by atoms with Crippen LogP contribution in [0, 0.1) is 0 Å². The summed E-state index contributed by atoms with van der Waals surface area (Å²) in [6, 6.07) is 0. The normalized spacial score (nSPS) is 16.7. The fourth-order valence-electron chi connectivity index (χ4n) is 3.07. The summed E-state index contributed by atoms with van der Waals surface area (Å²) in [6.07, 6.45) is -26.0. The second kappa shape index (κ2) is 12.6. The average molecular weight is 850 g/mol. The van der Waals surface area contributed by atoms with Crippen molar-refractivity contribution in [2.24, 2.45) is 0 Å². The smallest absolute Gasteiger partial charge is 0.221 e. The molecule has 32 heteroatoms. The summed E-state index contributed by atoms with van der Waals surface area (Å²) in [5.74, 6) is -66.2. The molecule has 0 aromatic heterocycles. The summed E-state index contributed by atoms with van der Waals surface area (Å²) in [6.45, 7) is -1.60. The molecule has 0 amide bonds. The predicted octanol–water partition coefficient (Wildman–Crippen LogP) is 9.11. The monoisotopic (exact) mass is 850 g/mol. The van der Waals surface area contributed by atoms with Gasteiger partial charge in [0.05, 0.1) is 0 Å². The first kappa shape index (κ1) is 48.1. The minimum Gasteiger partial charge on any atom is -0.221 e. The number of sulfone groups is 2. The molecule has 0 spiro atoms. The molecule has 4 nitrogen and oxygen atoms in total. The molecule has 0 saturated carbocycles. The molecule has 0 unspecified atom stereocenters. The lowest BCUT2D eigenvalue weighted by Gasteiger charge is -2.41. The largest absolute Gasteiger partial charge is 0.414 e. The highest BCUT2D eigenvalue weighted by atomic mass is 32.3. The Morgan fingerprint density at radius 1 is 0.340 bits per heavy atom. The Hall–Kier alpha value is -1.92. The Balaban J connectivity index is 7.24. The Labute approximate surface area is 258 Å². The van der Waals surface area contributed by atoms with Crippen LogP contribution in [0.25, 0.3) is 0 Å². The molecule has 0 rings (SSSR count). The number of alkyl halides is 26. The van der Waals surface area contributed by atoms with E-state index in [2.05, 4.69) is 0 Å². The fraction of sp³-hybridized carbons (Fsp3) is 1.00. The lowest BCUT2D eigenvalue weighted by Crippen LogP contribution is -2.71. The number of hydrogen-bond donors (Lipinski definition) is 0. The molecule has 0 bridgehead atoms. The van der Waals surface area contributed by atoms with Crippen molar-refractivity contribution in [3.63, 3.8) is 0 Å². The minimum absolute atomic E-state index is 1.60. The van der Waals surface area contributed by atoms with Crippen LogP contribution < -0.4 is 0 Å². The van der Waals surface area contributed by atoms with Crippen LogP contribution in [-0.2, 0) is 19.7 Å². The van der Waals surface area contributed by atoms with Crippen molar-refractivity contribution in [3.8, 4) is 0 Å². The molecule has 50 heavy (non-hydrogen) atoms. The zero-order chi connectivity index (χ0) is 41.4. The Morgan fingerprint density at radius 2 is 0.540 bits per heavy atom.